The zero-order valence-corrected chi connectivity index (χ0v) is 12.1. The molecule has 0 radical (unpaired) electrons. The van der Waals surface area contributed by atoms with Gasteiger partial charge >= 0.3 is 5.97 Å². The van der Waals surface area contributed by atoms with Crippen molar-refractivity contribution in [2.75, 3.05) is 0 Å². The first kappa shape index (κ1) is 13.2. The second-order valence-corrected chi connectivity index (χ2v) is 6.59. The van der Waals surface area contributed by atoms with E-state index >= 15 is 0 Å². The summed E-state index contributed by atoms with van der Waals surface area (Å²) < 4.78 is 0. The number of carbonyl (C=O) groups is 1. The van der Waals surface area contributed by atoms with Crippen LogP contribution >= 0.6 is 0 Å². The van der Waals surface area contributed by atoms with Gasteiger partial charge in [0.15, 0.2) is 0 Å². The third-order valence-electron chi connectivity index (χ3n) is 5.44. The van der Waals surface area contributed by atoms with Crippen LogP contribution in [0.25, 0.3) is 11.0 Å². The van der Waals surface area contributed by atoms with Gasteiger partial charge < -0.3 is 10.1 Å². The normalized spacial score (nSPS) is 28.9. The number of benzene rings is 1. The molecule has 106 valence electrons. The van der Waals surface area contributed by atoms with Crippen LogP contribution in [0, 0.1) is 10.8 Å². The lowest BCUT2D eigenvalue weighted by Gasteiger charge is -2.37. The summed E-state index contributed by atoms with van der Waals surface area (Å²) in [4.78, 5) is 19.7. The Morgan fingerprint density at radius 2 is 2.05 bits per heavy atom. The fourth-order valence-corrected chi connectivity index (χ4v) is 3.50. The molecule has 0 bridgehead atoms. The van der Waals surface area contributed by atoms with E-state index in [0.29, 0.717) is 6.42 Å². The second kappa shape index (κ2) is 4.08. The number of nitrogens with zero attached hydrogens (tertiary/aromatic N) is 1. The Hall–Kier alpha value is -1.84. The highest BCUT2D eigenvalue weighted by molar-refractivity contribution is 5.77. The number of hydrogen-bond donors (Lipinski definition) is 2. The summed E-state index contributed by atoms with van der Waals surface area (Å²) in [5, 5.41) is 9.58. The number of H-pyrrole nitrogens is 1. The molecule has 1 aromatic heterocycles. The number of nitrogens with one attached hydrogen (secondary N) is 1. The minimum absolute atomic E-state index is 0.149. The number of imidazole rings is 1. The predicted octanol–water partition coefficient (Wildman–Crippen LogP) is 3.56. The summed E-state index contributed by atoms with van der Waals surface area (Å²) in [6.07, 6.45) is 1.55. The quantitative estimate of drug-likeness (QED) is 0.878. The first-order valence-corrected chi connectivity index (χ1v) is 7.04. The fourth-order valence-electron chi connectivity index (χ4n) is 3.50. The van der Waals surface area contributed by atoms with Crippen LogP contribution in [-0.4, -0.2) is 21.0 Å². The van der Waals surface area contributed by atoms with Crippen molar-refractivity contribution in [2.45, 2.75) is 39.5 Å². The van der Waals surface area contributed by atoms with Crippen molar-refractivity contribution in [3.05, 3.63) is 30.1 Å². The first-order valence-electron chi connectivity index (χ1n) is 7.04. The number of hydrogen-bond acceptors (Lipinski definition) is 2. The largest absolute Gasteiger partial charge is 0.481 e. The van der Waals surface area contributed by atoms with Gasteiger partial charge in [-0.15, -0.1) is 0 Å². The molecule has 20 heavy (non-hydrogen) atoms. The second-order valence-electron chi connectivity index (χ2n) is 6.59. The maximum absolute atomic E-state index is 11.7. The molecule has 0 amide bonds. The first-order chi connectivity index (χ1) is 9.36. The van der Waals surface area contributed by atoms with Gasteiger partial charge in [0.1, 0.15) is 5.82 Å². The van der Waals surface area contributed by atoms with Crippen molar-refractivity contribution in [3.8, 4) is 0 Å². The SMILES string of the molecule is CC1(C)[C@@H](c2nc3ccccc3[nH]2)CC[C@]1(C)C(=O)O. The number of carboxylic acids is 1. The molecule has 2 atom stereocenters. The molecule has 2 aromatic rings. The van der Waals surface area contributed by atoms with Gasteiger partial charge in [-0.1, -0.05) is 26.0 Å². The van der Waals surface area contributed by atoms with Gasteiger partial charge in [-0.3, -0.25) is 4.79 Å². The number of carboxylic acid groups (broad SMARTS) is 1. The summed E-state index contributed by atoms with van der Waals surface area (Å²) >= 11 is 0. The van der Waals surface area contributed by atoms with Crippen LogP contribution in [0.5, 0.6) is 0 Å². The number of rotatable bonds is 2. The maximum Gasteiger partial charge on any atom is 0.309 e. The van der Waals surface area contributed by atoms with Crippen molar-refractivity contribution >= 4 is 17.0 Å². The van der Waals surface area contributed by atoms with Crippen LogP contribution in [0.1, 0.15) is 45.4 Å². The summed E-state index contributed by atoms with van der Waals surface area (Å²) in [5.41, 5.74) is 0.938. The molecule has 1 aromatic carbocycles. The van der Waals surface area contributed by atoms with E-state index in [4.69, 9.17) is 0 Å². The highest BCUT2D eigenvalue weighted by Crippen LogP contribution is 2.59. The Labute approximate surface area is 118 Å². The van der Waals surface area contributed by atoms with E-state index in [9.17, 15) is 9.90 Å². The van der Waals surface area contributed by atoms with E-state index in [2.05, 4.69) is 9.97 Å². The summed E-state index contributed by atoms with van der Waals surface area (Å²) in [6, 6.07) is 7.93. The van der Waals surface area contributed by atoms with Crippen LogP contribution in [0.15, 0.2) is 24.3 Å². The van der Waals surface area contributed by atoms with E-state index < -0.39 is 11.4 Å². The molecule has 1 saturated carbocycles. The minimum Gasteiger partial charge on any atom is -0.481 e. The van der Waals surface area contributed by atoms with Gasteiger partial charge in [0.05, 0.1) is 16.4 Å². The topological polar surface area (TPSA) is 66.0 Å². The number of aromatic nitrogens is 2. The minimum atomic E-state index is -0.707. The van der Waals surface area contributed by atoms with Crippen molar-refractivity contribution in [3.63, 3.8) is 0 Å². The Morgan fingerprint density at radius 3 is 2.65 bits per heavy atom. The molecule has 0 spiro atoms. The molecule has 0 saturated heterocycles. The van der Waals surface area contributed by atoms with Crippen molar-refractivity contribution in [1.29, 1.82) is 0 Å². The van der Waals surface area contributed by atoms with Crippen molar-refractivity contribution < 1.29 is 9.90 Å². The monoisotopic (exact) mass is 272 g/mol. The fraction of sp³-hybridized carbons (Fsp3) is 0.500. The lowest BCUT2D eigenvalue weighted by molar-refractivity contribution is -0.153. The average Bonchev–Trinajstić information content (AvgIpc) is 2.90. The van der Waals surface area contributed by atoms with E-state index in [-0.39, 0.29) is 11.3 Å². The third kappa shape index (κ3) is 1.60. The molecule has 0 unspecified atom stereocenters. The molecule has 1 aliphatic carbocycles. The third-order valence-corrected chi connectivity index (χ3v) is 5.44. The van der Waals surface area contributed by atoms with E-state index in [1.807, 2.05) is 45.0 Å². The summed E-state index contributed by atoms with van der Waals surface area (Å²) in [7, 11) is 0. The van der Waals surface area contributed by atoms with Gasteiger partial charge in [0.25, 0.3) is 0 Å². The van der Waals surface area contributed by atoms with Crippen LogP contribution in [-0.2, 0) is 4.79 Å². The molecular weight excluding hydrogens is 252 g/mol. The zero-order chi connectivity index (χ0) is 14.5. The van der Waals surface area contributed by atoms with E-state index in [1.165, 1.54) is 0 Å². The Balaban J connectivity index is 2.05. The summed E-state index contributed by atoms with van der Waals surface area (Å²) in [6.45, 7) is 5.95. The van der Waals surface area contributed by atoms with Crippen molar-refractivity contribution in [1.82, 2.24) is 9.97 Å². The van der Waals surface area contributed by atoms with Crippen LogP contribution in [0.4, 0.5) is 0 Å². The maximum atomic E-state index is 11.7. The molecule has 3 rings (SSSR count). The highest BCUT2D eigenvalue weighted by atomic mass is 16.4. The molecule has 4 heteroatoms. The predicted molar refractivity (Wildman–Crippen MR) is 77.6 cm³/mol. The zero-order valence-electron chi connectivity index (χ0n) is 12.1. The van der Waals surface area contributed by atoms with E-state index in [1.54, 1.807) is 0 Å². The van der Waals surface area contributed by atoms with Gasteiger partial charge in [-0.05, 0) is 37.3 Å². The standard InChI is InChI=1S/C16H20N2O2/c1-15(2)10(8-9-16(15,3)14(19)20)13-17-11-6-4-5-7-12(11)18-13/h4-7,10H,8-9H2,1-3H3,(H,17,18)(H,19,20)/t10-,16-/m1/s1. The smallest absolute Gasteiger partial charge is 0.309 e. The molecular formula is C16H20N2O2. The van der Waals surface area contributed by atoms with Gasteiger partial charge in [-0.25, -0.2) is 4.98 Å². The molecule has 1 aliphatic rings. The average molecular weight is 272 g/mol. The summed E-state index contributed by atoms with van der Waals surface area (Å²) in [5.74, 6) is 0.360. The lowest BCUT2D eigenvalue weighted by atomic mass is 9.65. The molecule has 0 aliphatic heterocycles. The van der Waals surface area contributed by atoms with Crippen molar-refractivity contribution in [2.24, 2.45) is 10.8 Å². The molecule has 1 heterocycles. The molecule has 2 N–H and O–H groups in total. The van der Waals surface area contributed by atoms with Crippen LogP contribution in [0.2, 0.25) is 0 Å². The van der Waals surface area contributed by atoms with Crippen LogP contribution in [0.3, 0.4) is 0 Å². The van der Waals surface area contributed by atoms with Gasteiger partial charge in [0.2, 0.25) is 0 Å². The molecule has 4 nitrogen and oxygen atoms in total. The number of fused-ring (bicyclic) bond motifs is 1. The lowest BCUT2D eigenvalue weighted by Crippen LogP contribution is -2.40. The number of para-hydroxylation sites is 2. The molecule has 1 fully saturated rings. The van der Waals surface area contributed by atoms with Gasteiger partial charge in [0, 0.05) is 5.92 Å². The highest BCUT2D eigenvalue weighted by Gasteiger charge is 2.57. The van der Waals surface area contributed by atoms with Crippen LogP contribution < -0.4 is 0 Å². The van der Waals surface area contributed by atoms with Gasteiger partial charge in [-0.2, -0.15) is 0 Å². The Kier molecular flexibility index (Phi) is 2.68. The number of aromatic amines is 1. The Bertz CT molecular complexity index is 641. The van der Waals surface area contributed by atoms with E-state index in [0.717, 1.165) is 23.3 Å². The Morgan fingerprint density at radius 1 is 1.35 bits per heavy atom. The number of aliphatic carboxylic acids is 1.